The molecule has 1 saturated carbocycles. The summed E-state index contributed by atoms with van der Waals surface area (Å²) in [7, 11) is 0. The van der Waals surface area contributed by atoms with Gasteiger partial charge in [-0.1, -0.05) is 30.9 Å². The lowest BCUT2D eigenvalue weighted by atomic mass is 9.81. The van der Waals surface area contributed by atoms with Crippen molar-refractivity contribution in [3.05, 3.63) is 26.8 Å². The molecule has 2 aliphatic rings. The quantitative estimate of drug-likeness (QED) is 0.696. The maximum absolute atomic E-state index is 6.09. The third kappa shape index (κ3) is 3.25. The molecule has 1 aliphatic carbocycles. The van der Waals surface area contributed by atoms with Crippen LogP contribution in [0.15, 0.2) is 18.2 Å². The van der Waals surface area contributed by atoms with Gasteiger partial charge < -0.3 is 10.2 Å². The third-order valence-electron chi connectivity index (χ3n) is 4.66. The molecule has 2 fully saturated rings. The highest BCUT2D eigenvalue weighted by molar-refractivity contribution is 14.1. The van der Waals surface area contributed by atoms with Gasteiger partial charge in [0, 0.05) is 27.2 Å². The Kier molecular flexibility index (Phi) is 4.78. The molecule has 0 aromatic heterocycles. The summed E-state index contributed by atoms with van der Waals surface area (Å²) in [5.74, 6) is 0. The van der Waals surface area contributed by atoms with Crippen LogP contribution in [-0.4, -0.2) is 25.2 Å². The second-order valence-corrected chi connectivity index (χ2v) is 7.74. The van der Waals surface area contributed by atoms with Crippen molar-refractivity contribution < 1.29 is 0 Å². The zero-order valence-electron chi connectivity index (χ0n) is 11.8. The van der Waals surface area contributed by atoms with Crippen LogP contribution in [0, 0.1) is 3.57 Å². The van der Waals surface area contributed by atoms with E-state index in [9.17, 15) is 0 Å². The number of anilines is 1. The van der Waals surface area contributed by atoms with Crippen LogP contribution in [0.5, 0.6) is 0 Å². The maximum atomic E-state index is 6.09. The molecule has 1 aromatic carbocycles. The molecule has 1 N–H and O–H groups in total. The smallest absolute Gasteiger partial charge is 0.0503 e. The maximum Gasteiger partial charge on any atom is 0.0503 e. The highest BCUT2D eigenvalue weighted by Gasteiger charge is 2.35. The molecule has 1 aromatic rings. The van der Waals surface area contributed by atoms with Gasteiger partial charge in [-0.3, -0.25) is 0 Å². The van der Waals surface area contributed by atoms with Crippen LogP contribution in [-0.2, 0) is 0 Å². The zero-order chi connectivity index (χ0) is 14.0. The van der Waals surface area contributed by atoms with E-state index in [1.165, 1.54) is 47.8 Å². The van der Waals surface area contributed by atoms with Gasteiger partial charge >= 0.3 is 0 Å². The van der Waals surface area contributed by atoms with E-state index in [4.69, 9.17) is 11.6 Å². The van der Waals surface area contributed by atoms with Gasteiger partial charge in [0.05, 0.1) is 5.69 Å². The Hall–Kier alpha value is -0.000000000000000111. The Morgan fingerprint density at radius 3 is 2.70 bits per heavy atom. The SMILES string of the molecule is Clc1ccc(N2CCCNC3(CCCCC3)C2)c(I)c1. The average molecular weight is 405 g/mol. The van der Waals surface area contributed by atoms with Crippen molar-refractivity contribution in [1.82, 2.24) is 5.32 Å². The molecule has 0 bridgehead atoms. The molecular weight excluding hydrogens is 383 g/mol. The molecule has 1 saturated heterocycles. The minimum absolute atomic E-state index is 0.345. The first-order chi connectivity index (χ1) is 9.69. The summed E-state index contributed by atoms with van der Waals surface area (Å²) in [6.45, 7) is 3.44. The predicted octanol–water partition coefficient (Wildman–Crippen LogP) is 4.45. The van der Waals surface area contributed by atoms with Gasteiger partial charge in [0.1, 0.15) is 0 Å². The first-order valence-corrected chi connectivity index (χ1v) is 9.09. The van der Waals surface area contributed by atoms with Gasteiger partial charge in [0.15, 0.2) is 0 Å². The van der Waals surface area contributed by atoms with Crippen LogP contribution in [0.25, 0.3) is 0 Å². The van der Waals surface area contributed by atoms with Crippen molar-refractivity contribution >= 4 is 39.9 Å². The molecule has 4 heteroatoms. The van der Waals surface area contributed by atoms with E-state index in [1.807, 2.05) is 6.07 Å². The first kappa shape index (κ1) is 14.9. The number of benzene rings is 1. The van der Waals surface area contributed by atoms with Crippen molar-refractivity contribution in [1.29, 1.82) is 0 Å². The topological polar surface area (TPSA) is 15.3 Å². The van der Waals surface area contributed by atoms with Crippen molar-refractivity contribution in [2.24, 2.45) is 0 Å². The fourth-order valence-electron chi connectivity index (χ4n) is 3.63. The van der Waals surface area contributed by atoms with E-state index in [2.05, 4.69) is 44.9 Å². The third-order valence-corrected chi connectivity index (χ3v) is 5.76. The fourth-order valence-corrected chi connectivity index (χ4v) is 4.84. The Bertz CT molecular complexity index is 472. The normalized spacial score (nSPS) is 22.8. The van der Waals surface area contributed by atoms with Gasteiger partial charge in [0.25, 0.3) is 0 Å². The minimum atomic E-state index is 0.345. The molecule has 0 amide bonds. The van der Waals surface area contributed by atoms with Crippen LogP contribution < -0.4 is 10.2 Å². The molecule has 3 rings (SSSR count). The second kappa shape index (κ2) is 6.41. The molecule has 0 unspecified atom stereocenters. The molecule has 1 aliphatic heterocycles. The lowest BCUT2D eigenvalue weighted by Gasteiger charge is -2.40. The average Bonchev–Trinajstić information content (AvgIpc) is 2.63. The number of nitrogens with zero attached hydrogens (tertiary/aromatic N) is 1. The van der Waals surface area contributed by atoms with Crippen LogP contribution in [0.4, 0.5) is 5.69 Å². The van der Waals surface area contributed by atoms with E-state index >= 15 is 0 Å². The molecule has 110 valence electrons. The lowest BCUT2D eigenvalue weighted by Crippen LogP contribution is -2.52. The van der Waals surface area contributed by atoms with Crippen molar-refractivity contribution in [3.8, 4) is 0 Å². The Balaban J connectivity index is 1.84. The van der Waals surface area contributed by atoms with Gasteiger partial charge in [-0.05, 0) is 66.6 Å². The van der Waals surface area contributed by atoms with Crippen molar-refractivity contribution in [2.75, 3.05) is 24.5 Å². The van der Waals surface area contributed by atoms with Gasteiger partial charge in [-0.2, -0.15) is 0 Å². The monoisotopic (exact) mass is 404 g/mol. The molecule has 1 spiro atoms. The summed E-state index contributed by atoms with van der Waals surface area (Å²) in [5, 5.41) is 4.69. The molecular formula is C16H22ClIN2. The van der Waals surface area contributed by atoms with Gasteiger partial charge in [-0.25, -0.2) is 0 Å². The Morgan fingerprint density at radius 2 is 1.95 bits per heavy atom. The standard InChI is InChI=1S/C16H22ClIN2/c17-13-5-6-15(14(18)11-13)20-10-4-9-19-16(12-20)7-2-1-3-8-16/h5-6,11,19H,1-4,7-10,12H2. The highest BCUT2D eigenvalue weighted by Crippen LogP contribution is 2.34. The van der Waals surface area contributed by atoms with Crippen LogP contribution >= 0.6 is 34.2 Å². The summed E-state index contributed by atoms with van der Waals surface area (Å²) in [6, 6.07) is 6.28. The van der Waals surface area contributed by atoms with Crippen LogP contribution in [0.1, 0.15) is 38.5 Å². The summed E-state index contributed by atoms with van der Waals surface area (Å²) < 4.78 is 1.27. The highest BCUT2D eigenvalue weighted by atomic mass is 127. The van der Waals surface area contributed by atoms with E-state index in [0.29, 0.717) is 5.54 Å². The number of halogens is 2. The van der Waals surface area contributed by atoms with Crippen molar-refractivity contribution in [3.63, 3.8) is 0 Å². The van der Waals surface area contributed by atoms with Gasteiger partial charge in [0.2, 0.25) is 0 Å². The van der Waals surface area contributed by atoms with E-state index in [1.54, 1.807) is 0 Å². The second-order valence-electron chi connectivity index (χ2n) is 6.14. The van der Waals surface area contributed by atoms with Crippen molar-refractivity contribution in [2.45, 2.75) is 44.1 Å². The first-order valence-electron chi connectivity index (χ1n) is 7.64. The molecule has 2 nitrogen and oxygen atoms in total. The fraction of sp³-hybridized carbons (Fsp3) is 0.625. The molecule has 20 heavy (non-hydrogen) atoms. The summed E-state index contributed by atoms with van der Waals surface area (Å²) >= 11 is 8.51. The summed E-state index contributed by atoms with van der Waals surface area (Å²) in [4.78, 5) is 2.57. The Morgan fingerprint density at radius 1 is 1.15 bits per heavy atom. The zero-order valence-corrected chi connectivity index (χ0v) is 14.7. The minimum Gasteiger partial charge on any atom is -0.369 e. The number of rotatable bonds is 1. The largest absolute Gasteiger partial charge is 0.369 e. The van der Waals surface area contributed by atoms with E-state index in [0.717, 1.165) is 24.7 Å². The summed E-state index contributed by atoms with van der Waals surface area (Å²) in [6.07, 6.45) is 8.03. The van der Waals surface area contributed by atoms with E-state index < -0.39 is 0 Å². The molecule has 1 heterocycles. The molecule has 0 radical (unpaired) electrons. The van der Waals surface area contributed by atoms with E-state index in [-0.39, 0.29) is 0 Å². The van der Waals surface area contributed by atoms with Gasteiger partial charge in [-0.15, -0.1) is 0 Å². The number of nitrogens with one attached hydrogen (secondary N) is 1. The number of hydrogen-bond acceptors (Lipinski definition) is 2. The van der Waals surface area contributed by atoms with Crippen LogP contribution in [0.2, 0.25) is 5.02 Å². The summed E-state index contributed by atoms with van der Waals surface area (Å²) in [5.41, 5.74) is 1.70. The molecule has 0 atom stereocenters. The number of hydrogen-bond donors (Lipinski definition) is 1. The lowest BCUT2D eigenvalue weighted by molar-refractivity contribution is 0.246. The van der Waals surface area contributed by atoms with Crippen LogP contribution in [0.3, 0.4) is 0 Å². The Labute approximate surface area is 140 Å². The predicted molar refractivity (Wildman–Crippen MR) is 94.8 cm³/mol.